The molecule has 14 heteroatoms. The van der Waals surface area contributed by atoms with E-state index in [1.54, 1.807) is 35.4 Å². The fourth-order valence-electron chi connectivity index (χ4n) is 3.66. The van der Waals surface area contributed by atoms with Gasteiger partial charge in [0, 0.05) is 18.2 Å². The molecule has 37 heavy (non-hydrogen) atoms. The van der Waals surface area contributed by atoms with Crippen LogP contribution in [0.1, 0.15) is 60.3 Å². The first-order chi connectivity index (χ1) is 17.1. The molecule has 0 heterocycles. The summed E-state index contributed by atoms with van der Waals surface area (Å²) in [6.45, 7) is 16.1. The van der Waals surface area contributed by atoms with Crippen LogP contribution in [-0.4, -0.2) is 79.2 Å². The van der Waals surface area contributed by atoms with Gasteiger partial charge in [0.15, 0.2) is 0 Å². The molecular formula is C23H43N3O9P2. The summed E-state index contributed by atoms with van der Waals surface area (Å²) in [6.07, 6.45) is 5.78. The molecule has 0 aliphatic carbocycles. The quantitative estimate of drug-likeness (QED) is 0.0993. The smallest absolute Gasteiger partial charge is 0.414 e. The molecule has 0 saturated carbocycles. The molecule has 0 aromatic rings. The van der Waals surface area contributed by atoms with Crippen LogP contribution in [-0.2, 0) is 18.7 Å². The van der Waals surface area contributed by atoms with Crippen molar-refractivity contribution < 1.29 is 43.0 Å². The molecule has 0 fully saturated rings. The predicted octanol–water partition coefficient (Wildman–Crippen LogP) is 3.51. The highest BCUT2D eigenvalue weighted by Crippen LogP contribution is 2.58. The fourth-order valence-corrected chi connectivity index (χ4v) is 5.85. The Morgan fingerprint density at radius 3 is 2.11 bits per heavy atom. The SMILES string of the molecule is C=C/C=C(C)/C(=C\C)N(C(=O)OCCCC(=O)NC(P(=O)(O)O)P(=O)(O)O)[C@@H](C)CCCN(CC)CC. The Balaban J connectivity index is 5.28. The van der Waals surface area contributed by atoms with E-state index in [-0.39, 0.29) is 25.5 Å². The summed E-state index contributed by atoms with van der Waals surface area (Å²) in [5.74, 6) is -0.992. The van der Waals surface area contributed by atoms with Crippen molar-refractivity contribution in [2.45, 2.75) is 71.9 Å². The van der Waals surface area contributed by atoms with Crippen LogP contribution < -0.4 is 5.32 Å². The Kier molecular flexibility index (Phi) is 16.1. The van der Waals surface area contributed by atoms with Crippen molar-refractivity contribution in [1.29, 1.82) is 0 Å². The maximum atomic E-state index is 13.1. The molecule has 0 bridgehead atoms. The number of carbonyl (C=O) groups is 2. The monoisotopic (exact) mass is 567 g/mol. The van der Waals surface area contributed by atoms with Crippen molar-refractivity contribution in [2.75, 3.05) is 26.2 Å². The summed E-state index contributed by atoms with van der Waals surface area (Å²) in [5, 5.41) is 1.68. The van der Waals surface area contributed by atoms with Crippen LogP contribution in [0.15, 0.2) is 36.1 Å². The van der Waals surface area contributed by atoms with Crippen molar-refractivity contribution in [3.05, 3.63) is 36.1 Å². The zero-order chi connectivity index (χ0) is 28.8. The molecule has 0 unspecified atom stereocenters. The van der Waals surface area contributed by atoms with Crippen LogP contribution in [0, 0.1) is 0 Å². The lowest BCUT2D eigenvalue weighted by Gasteiger charge is -2.32. The van der Waals surface area contributed by atoms with Gasteiger partial charge in [0.2, 0.25) is 11.4 Å². The van der Waals surface area contributed by atoms with Crippen LogP contribution in [0.4, 0.5) is 4.79 Å². The Hall–Kier alpha value is -1.78. The number of nitrogens with one attached hydrogen (secondary N) is 1. The molecule has 0 aromatic heterocycles. The summed E-state index contributed by atoms with van der Waals surface area (Å²) < 4.78 is 28.0. The average molecular weight is 568 g/mol. The number of carbonyl (C=O) groups excluding carboxylic acids is 2. The second kappa shape index (κ2) is 16.9. The zero-order valence-electron chi connectivity index (χ0n) is 22.4. The van der Waals surface area contributed by atoms with E-state index in [1.807, 2.05) is 13.8 Å². The maximum absolute atomic E-state index is 13.1. The van der Waals surface area contributed by atoms with E-state index < -0.39 is 32.7 Å². The van der Waals surface area contributed by atoms with Gasteiger partial charge in [-0.05, 0) is 65.2 Å². The molecule has 0 radical (unpaired) electrons. The first-order valence-electron chi connectivity index (χ1n) is 12.2. The van der Waals surface area contributed by atoms with Gasteiger partial charge >= 0.3 is 21.3 Å². The Morgan fingerprint density at radius 1 is 1.08 bits per heavy atom. The third-order valence-corrected chi connectivity index (χ3v) is 8.97. The first-order valence-corrected chi connectivity index (χ1v) is 15.5. The lowest BCUT2D eigenvalue weighted by Crippen LogP contribution is -2.39. The number of rotatable bonds is 17. The average Bonchev–Trinajstić information content (AvgIpc) is 2.79. The van der Waals surface area contributed by atoms with Crippen molar-refractivity contribution in [3.63, 3.8) is 0 Å². The van der Waals surface area contributed by atoms with Gasteiger partial charge in [-0.3, -0.25) is 18.8 Å². The fraction of sp³-hybridized carbons (Fsp3) is 0.652. The van der Waals surface area contributed by atoms with Gasteiger partial charge < -0.3 is 34.5 Å². The third-order valence-electron chi connectivity index (χ3n) is 5.63. The van der Waals surface area contributed by atoms with Crippen LogP contribution in [0.2, 0.25) is 0 Å². The van der Waals surface area contributed by atoms with Crippen molar-refractivity contribution >= 4 is 27.2 Å². The number of nitrogens with zero attached hydrogens (tertiary/aromatic N) is 2. The summed E-state index contributed by atoms with van der Waals surface area (Å²) in [6, 6.07) is -0.196. The number of hydrogen-bond acceptors (Lipinski definition) is 6. The molecule has 0 saturated heterocycles. The molecule has 5 N–H and O–H groups in total. The van der Waals surface area contributed by atoms with Gasteiger partial charge in [-0.1, -0.05) is 38.7 Å². The second-order valence-corrected chi connectivity index (χ2v) is 12.3. The van der Waals surface area contributed by atoms with E-state index in [0.29, 0.717) is 5.70 Å². The Bertz CT molecular complexity index is 885. The molecule has 0 spiro atoms. The van der Waals surface area contributed by atoms with Crippen LogP contribution >= 0.6 is 15.2 Å². The van der Waals surface area contributed by atoms with Crippen LogP contribution in [0.25, 0.3) is 0 Å². The van der Waals surface area contributed by atoms with Gasteiger partial charge in [0.1, 0.15) is 0 Å². The number of allylic oxidation sites excluding steroid dienone is 4. The summed E-state index contributed by atoms with van der Waals surface area (Å²) >= 11 is 0. The molecule has 0 aromatic carbocycles. The molecule has 0 aliphatic heterocycles. The molecule has 2 amide bonds. The summed E-state index contributed by atoms with van der Waals surface area (Å²) in [4.78, 5) is 65.4. The third kappa shape index (κ3) is 13.0. The molecule has 12 nitrogen and oxygen atoms in total. The Labute approximate surface area is 219 Å². The van der Waals surface area contributed by atoms with Crippen molar-refractivity contribution in [2.24, 2.45) is 0 Å². The number of ether oxygens (including phenoxy) is 1. The van der Waals surface area contributed by atoms with E-state index in [2.05, 4.69) is 25.3 Å². The van der Waals surface area contributed by atoms with Gasteiger partial charge in [-0.2, -0.15) is 0 Å². The minimum absolute atomic E-state index is 0.0244. The number of amides is 2. The van der Waals surface area contributed by atoms with Crippen molar-refractivity contribution in [1.82, 2.24) is 15.1 Å². The topological polar surface area (TPSA) is 177 Å². The van der Waals surface area contributed by atoms with Gasteiger partial charge in [-0.25, -0.2) is 4.79 Å². The van der Waals surface area contributed by atoms with E-state index in [9.17, 15) is 18.7 Å². The lowest BCUT2D eigenvalue weighted by atomic mass is 10.1. The van der Waals surface area contributed by atoms with E-state index in [0.717, 1.165) is 38.0 Å². The predicted molar refractivity (Wildman–Crippen MR) is 143 cm³/mol. The van der Waals surface area contributed by atoms with Crippen LogP contribution in [0.5, 0.6) is 0 Å². The van der Waals surface area contributed by atoms with E-state index in [4.69, 9.17) is 24.3 Å². The zero-order valence-corrected chi connectivity index (χ0v) is 24.2. The first kappa shape index (κ1) is 35.2. The summed E-state index contributed by atoms with van der Waals surface area (Å²) in [7, 11) is -10.6. The molecular weight excluding hydrogens is 524 g/mol. The highest BCUT2D eigenvalue weighted by atomic mass is 31.2. The minimum Gasteiger partial charge on any atom is -0.449 e. The Morgan fingerprint density at radius 2 is 1.65 bits per heavy atom. The highest BCUT2D eigenvalue weighted by Gasteiger charge is 2.44. The van der Waals surface area contributed by atoms with E-state index in [1.165, 1.54) is 0 Å². The maximum Gasteiger partial charge on any atom is 0.414 e. The molecule has 214 valence electrons. The number of hydrogen-bond donors (Lipinski definition) is 5. The standard InChI is InChI=1S/C23H43N3O9P2/c1-7-13-18(5)20(8-2)26(19(6)14-11-16-25(9-3)10-4)23(28)35-17-12-15-21(27)24-22(36(29,30)31)37(32,33)34/h7-8,13,19,22H,1,9-12,14-17H2,2-6H3,(H,24,27)(H2,29,30,31)(H2,32,33,34)/b18-13+,20-8+/t19-/m0/s1. The molecule has 0 rings (SSSR count). The van der Waals surface area contributed by atoms with Crippen LogP contribution in [0.3, 0.4) is 0 Å². The largest absolute Gasteiger partial charge is 0.449 e. The van der Waals surface area contributed by atoms with Gasteiger partial charge in [0.05, 0.1) is 6.61 Å². The second-order valence-electron chi connectivity index (χ2n) is 8.48. The lowest BCUT2D eigenvalue weighted by molar-refractivity contribution is -0.121. The molecule has 0 aliphatic rings. The van der Waals surface area contributed by atoms with E-state index >= 15 is 0 Å². The highest BCUT2D eigenvalue weighted by molar-refractivity contribution is 7.70. The molecule has 1 atom stereocenters. The van der Waals surface area contributed by atoms with Crippen molar-refractivity contribution in [3.8, 4) is 0 Å². The van der Waals surface area contributed by atoms with Gasteiger partial charge in [-0.15, -0.1) is 0 Å². The minimum atomic E-state index is -5.29. The summed E-state index contributed by atoms with van der Waals surface area (Å²) in [5.41, 5.74) is -1.16. The van der Waals surface area contributed by atoms with Gasteiger partial charge in [0.25, 0.3) is 0 Å². The normalized spacial score (nSPS) is 14.0.